The molecule has 0 N–H and O–H groups in total. The first-order chi connectivity index (χ1) is 8.25. The van der Waals surface area contributed by atoms with Crippen molar-refractivity contribution in [3.8, 4) is 0 Å². The Morgan fingerprint density at radius 2 is 1.94 bits per heavy atom. The van der Waals surface area contributed by atoms with Crippen molar-refractivity contribution in [2.75, 3.05) is 0 Å². The molecule has 0 radical (unpaired) electrons. The van der Waals surface area contributed by atoms with Gasteiger partial charge in [0.25, 0.3) is 0 Å². The fourth-order valence-electron chi connectivity index (χ4n) is 1.88. The van der Waals surface area contributed by atoms with Crippen LogP contribution in [0.2, 0.25) is 0 Å². The molecule has 1 nitrogen and oxygen atoms in total. The number of nitrogens with zero attached hydrogens (tertiary/aromatic N) is 1. The fourth-order valence-corrected chi connectivity index (χ4v) is 2.13. The van der Waals surface area contributed by atoms with Gasteiger partial charge in [-0.15, -0.1) is 11.6 Å². The Balaban J connectivity index is 1.95. The third-order valence-corrected chi connectivity index (χ3v) is 3.25. The lowest BCUT2D eigenvalue weighted by Gasteiger charge is -2.09. The van der Waals surface area contributed by atoms with E-state index in [9.17, 15) is 0 Å². The zero-order valence-electron chi connectivity index (χ0n) is 9.94. The number of aromatic nitrogens is 1. The van der Waals surface area contributed by atoms with Crippen LogP contribution in [0, 0.1) is 6.92 Å². The molecule has 1 aromatic carbocycles. The van der Waals surface area contributed by atoms with Gasteiger partial charge in [-0.1, -0.05) is 36.4 Å². The Bertz CT molecular complexity index is 467. The number of pyridine rings is 1. The molecule has 2 heteroatoms. The van der Waals surface area contributed by atoms with Crippen molar-refractivity contribution in [2.45, 2.75) is 25.1 Å². The summed E-state index contributed by atoms with van der Waals surface area (Å²) >= 11 is 6.38. The smallest absolute Gasteiger partial charge is 0.0588 e. The van der Waals surface area contributed by atoms with Crippen molar-refractivity contribution < 1.29 is 0 Å². The molecule has 0 saturated heterocycles. The van der Waals surface area contributed by atoms with E-state index in [1.165, 1.54) is 16.7 Å². The zero-order chi connectivity index (χ0) is 12.1. The summed E-state index contributed by atoms with van der Waals surface area (Å²) in [6.45, 7) is 2.06. The first-order valence-corrected chi connectivity index (χ1v) is 6.29. The first-order valence-electron chi connectivity index (χ1n) is 5.85. The van der Waals surface area contributed by atoms with E-state index in [1.807, 2.05) is 30.6 Å². The predicted octanol–water partition coefficient (Wildman–Crippen LogP) is 4.30. The lowest BCUT2D eigenvalue weighted by atomic mass is 10.0. The summed E-state index contributed by atoms with van der Waals surface area (Å²) in [5, 5.41) is 0.0803. The quantitative estimate of drug-likeness (QED) is 0.732. The van der Waals surface area contributed by atoms with Gasteiger partial charge >= 0.3 is 0 Å². The fraction of sp³-hybridized carbons (Fsp3) is 0.267. The standard InChI is InChI=1S/C15H16ClN/c1-12-9-13(11-17-10-12)7-8-15(16)14-5-3-2-4-6-14/h2-6,9-11,15H,7-8H2,1H3. The van der Waals surface area contributed by atoms with Crippen LogP contribution in [0.25, 0.3) is 0 Å². The van der Waals surface area contributed by atoms with Gasteiger partial charge in [-0.3, -0.25) is 4.98 Å². The lowest BCUT2D eigenvalue weighted by Crippen LogP contribution is -1.95. The molecule has 17 heavy (non-hydrogen) atoms. The number of rotatable bonds is 4. The average molecular weight is 246 g/mol. The first kappa shape index (κ1) is 12.1. The molecule has 0 spiro atoms. The molecule has 0 saturated carbocycles. The van der Waals surface area contributed by atoms with Gasteiger partial charge in [-0.25, -0.2) is 0 Å². The summed E-state index contributed by atoms with van der Waals surface area (Å²) in [7, 11) is 0. The van der Waals surface area contributed by atoms with Gasteiger partial charge in [-0.05, 0) is 36.5 Å². The van der Waals surface area contributed by atoms with Gasteiger partial charge in [0.15, 0.2) is 0 Å². The third kappa shape index (κ3) is 3.57. The highest BCUT2D eigenvalue weighted by Crippen LogP contribution is 2.25. The van der Waals surface area contributed by atoms with Crippen LogP contribution in [0.3, 0.4) is 0 Å². The number of aryl methyl sites for hydroxylation is 2. The van der Waals surface area contributed by atoms with Crippen molar-refractivity contribution in [2.24, 2.45) is 0 Å². The van der Waals surface area contributed by atoms with Crippen LogP contribution in [-0.2, 0) is 6.42 Å². The van der Waals surface area contributed by atoms with E-state index in [4.69, 9.17) is 11.6 Å². The monoisotopic (exact) mass is 245 g/mol. The highest BCUT2D eigenvalue weighted by atomic mass is 35.5. The summed E-state index contributed by atoms with van der Waals surface area (Å²) in [4.78, 5) is 4.19. The van der Waals surface area contributed by atoms with Crippen LogP contribution >= 0.6 is 11.6 Å². The van der Waals surface area contributed by atoms with Gasteiger partial charge < -0.3 is 0 Å². The van der Waals surface area contributed by atoms with Gasteiger partial charge in [0.05, 0.1) is 5.38 Å². The average Bonchev–Trinajstić information content (AvgIpc) is 2.37. The molecule has 0 aliphatic rings. The Morgan fingerprint density at radius 3 is 2.65 bits per heavy atom. The van der Waals surface area contributed by atoms with Gasteiger partial charge in [0.2, 0.25) is 0 Å². The second-order valence-corrected chi connectivity index (χ2v) is 4.81. The molecular formula is C15H16ClN. The molecule has 0 fully saturated rings. The van der Waals surface area contributed by atoms with Crippen molar-refractivity contribution in [1.29, 1.82) is 0 Å². The summed E-state index contributed by atoms with van der Waals surface area (Å²) in [5.74, 6) is 0. The Hall–Kier alpha value is -1.34. The molecule has 2 rings (SSSR count). The van der Waals surface area contributed by atoms with Crippen LogP contribution in [0.4, 0.5) is 0 Å². The summed E-state index contributed by atoms with van der Waals surface area (Å²) in [6.07, 6.45) is 5.70. The minimum atomic E-state index is 0.0803. The van der Waals surface area contributed by atoms with E-state index in [0.717, 1.165) is 12.8 Å². The molecule has 0 amide bonds. The summed E-state index contributed by atoms with van der Waals surface area (Å²) in [5.41, 5.74) is 3.65. The number of alkyl halides is 1. The van der Waals surface area contributed by atoms with E-state index in [2.05, 4.69) is 30.1 Å². The van der Waals surface area contributed by atoms with Gasteiger partial charge in [0.1, 0.15) is 0 Å². The van der Waals surface area contributed by atoms with Crippen molar-refractivity contribution in [3.63, 3.8) is 0 Å². The van der Waals surface area contributed by atoms with Gasteiger partial charge in [0, 0.05) is 12.4 Å². The molecule has 2 aromatic rings. The van der Waals surface area contributed by atoms with Crippen LogP contribution in [0.1, 0.15) is 28.5 Å². The molecule has 0 bridgehead atoms. The second-order valence-electron chi connectivity index (χ2n) is 4.29. The van der Waals surface area contributed by atoms with Crippen molar-refractivity contribution in [1.82, 2.24) is 4.98 Å². The molecule has 0 aliphatic heterocycles. The SMILES string of the molecule is Cc1cncc(CCC(Cl)c2ccccc2)c1. The second kappa shape index (κ2) is 5.83. The maximum atomic E-state index is 6.38. The van der Waals surface area contributed by atoms with Crippen molar-refractivity contribution in [3.05, 3.63) is 65.5 Å². The van der Waals surface area contributed by atoms with Crippen LogP contribution in [-0.4, -0.2) is 4.98 Å². The van der Waals surface area contributed by atoms with E-state index >= 15 is 0 Å². The summed E-state index contributed by atoms with van der Waals surface area (Å²) in [6, 6.07) is 12.4. The topological polar surface area (TPSA) is 12.9 Å². The zero-order valence-corrected chi connectivity index (χ0v) is 10.7. The molecule has 1 atom stereocenters. The van der Waals surface area contributed by atoms with Gasteiger partial charge in [-0.2, -0.15) is 0 Å². The molecule has 1 aromatic heterocycles. The van der Waals surface area contributed by atoms with E-state index < -0.39 is 0 Å². The van der Waals surface area contributed by atoms with Crippen LogP contribution in [0.5, 0.6) is 0 Å². The molecule has 0 aliphatic carbocycles. The Labute approximate surface area is 107 Å². The maximum absolute atomic E-state index is 6.38. The Kier molecular flexibility index (Phi) is 4.16. The van der Waals surface area contributed by atoms with E-state index in [1.54, 1.807) is 0 Å². The number of halogens is 1. The minimum Gasteiger partial charge on any atom is -0.264 e. The summed E-state index contributed by atoms with van der Waals surface area (Å²) < 4.78 is 0. The minimum absolute atomic E-state index is 0.0803. The molecular weight excluding hydrogens is 230 g/mol. The number of hydrogen-bond donors (Lipinski definition) is 0. The highest BCUT2D eigenvalue weighted by molar-refractivity contribution is 6.20. The molecule has 1 unspecified atom stereocenters. The third-order valence-electron chi connectivity index (χ3n) is 2.78. The van der Waals surface area contributed by atoms with E-state index in [0.29, 0.717) is 0 Å². The highest BCUT2D eigenvalue weighted by Gasteiger charge is 2.07. The number of benzene rings is 1. The Morgan fingerprint density at radius 1 is 1.18 bits per heavy atom. The molecule has 88 valence electrons. The predicted molar refractivity (Wildman–Crippen MR) is 72.3 cm³/mol. The van der Waals surface area contributed by atoms with Crippen LogP contribution < -0.4 is 0 Å². The normalized spacial score (nSPS) is 12.4. The van der Waals surface area contributed by atoms with Crippen LogP contribution in [0.15, 0.2) is 48.8 Å². The van der Waals surface area contributed by atoms with Crippen molar-refractivity contribution >= 4 is 11.6 Å². The lowest BCUT2D eigenvalue weighted by molar-refractivity contribution is 0.790. The number of hydrogen-bond acceptors (Lipinski definition) is 1. The van der Waals surface area contributed by atoms with E-state index in [-0.39, 0.29) is 5.38 Å². The molecule has 1 heterocycles. The largest absolute Gasteiger partial charge is 0.264 e. The maximum Gasteiger partial charge on any atom is 0.0588 e.